The van der Waals surface area contributed by atoms with Crippen molar-refractivity contribution in [2.24, 2.45) is 0 Å². The fraction of sp³-hybridized carbons (Fsp3) is 0.444. The second-order valence-corrected chi connectivity index (χ2v) is 3.68. The number of halogens is 4. The highest BCUT2D eigenvalue weighted by molar-refractivity contribution is 6.30. The second kappa shape index (κ2) is 3.56. The van der Waals surface area contributed by atoms with E-state index in [1.807, 2.05) is 0 Å². The van der Waals surface area contributed by atoms with Crippen molar-refractivity contribution in [2.75, 3.05) is 0 Å². The molecule has 0 unspecified atom stereocenters. The summed E-state index contributed by atoms with van der Waals surface area (Å²) >= 11 is 5.35. The highest BCUT2D eigenvalue weighted by Crippen LogP contribution is 2.36. The monoisotopic (exact) mass is 237 g/mol. The minimum atomic E-state index is -4.49. The van der Waals surface area contributed by atoms with Crippen LogP contribution in [0.4, 0.5) is 13.2 Å². The van der Waals surface area contributed by atoms with Crippen LogP contribution in [0.1, 0.15) is 18.4 Å². The molecule has 0 saturated heterocycles. The van der Waals surface area contributed by atoms with E-state index in [0.717, 1.165) is 18.9 Å². The number of alkyl halides is 3. The molecule has 2 rings (SSSR count). The smallest absolute Gasteiger partial charge is 0.419 e. The quantitative estimate of drug-likeness (QED) is 0.737. The number of rotatable bonds is 2. The molecule has 0 amide bonds. The van der Waals surface area contributed by atoms with Gasteiger partial charge >= 0.3 is 6.18 Å². The van der Waals surface area contributed by atoms with E-state index in [1.54, 1.807) is 0 Å². The average Bonchev–Trinajstić information content (AvgIpc) is 2.90. The Bertz CT molecular complexity index is 376. The third-order valence-electron chi connectivity index (χ3n) is 1.95. The normalized spacial score (nSPS) is 16.5. The van der Waals surface area contributed by atoms with Crippen molar-refractivity contribution in [3.05, 3.63) is 23.0 Å². The summed E-state index contributed by atoms with van der Waals surface area (Å²) in [5.74, 6) is 0.120. The van der Waals surface area contributed by atoms with Crippen LogP contribution in [0.2, 0.25) is 5.15 Å². The second-order valence-electron chi connectivity index (χ2n) is 3.32. The van der Waals surface area contributed by atoms with Gasteiger partial charge in [-0.25, -0.2) is 4.98 Å². The summed E-state index contributed by atoms with van der Waals surface area (Å²) in [5, 5.41) is -0.550. The van der Waals surface area contributed by atoms with Crippen LogP contribution < -0.4 is 4.74 Å². The van der Waals surface area contributed by atoms with Crippen molar-refractivity contribution in [2.45, 2.75) is 25.1 Å². The number of ether oxygens (including phenoxy) is 1. The molecule has 6 heteroatoms. The lowest BCUT2D eigenvalue weighted by atomic mass is 10.2. The molecule has 1 saturated carbocycles. The molecule has 82 valence electrons. The predicted molar refractivity (Wildman–Crippen MR) is 47.9 cm³/mol. The van der Waals surface area contributed by atoms with Gasteiger partial charge in [-0.3, -0.25) is 0 Å². The van der Waals surface area contributed by atoms with Crippen LogP contribution in [-0.4, -0.2) is 11.1 Å². The summed E-state index contributed by atoms with van der Waals surface area (Å²) in [6, 6.07) is 0.883. The Labute approximate surface area is 89.0 Å². The zero-order valence-corrected chi connectivity index (χ0v) is 8.27. The SMILES string of the molecule is FC(F)(F)c1cc(OC2CC2)cnc1Cl. The summed E-state index contributed by atoms with van der Waals surface area (Å²) in [7, 11) is 0. The van der Waals surface area contributed by atoms with Gasteiger partial charge in [-0.15, -0.1) is 0 Å². The molecule has 0 bridgehead atoms. The van der Waals surface area contributed by atoms with Crippen molar-refractivity contribution in [1.82, 2.24) is 4.98 Å². The lowest BCUT2D eigenvalue weighted by Crippen LogP contribution is -2.08. The van der Waals surface area contributed by atoms with Gasteiger partial charge in [-0.05, 0) is 18.9 Å². The molecule has 0 N–H and O–H groups in total. The van der Waals surface area contributed by atoms with E-state index < -0.39 is 16.9 Å². The maximum Gasteiger partial charge on any atom is 0.419 e. The molecule has 1 aromatic heterocycles. The Morgan fingerprint density at radius 2 is 2.07 bits per heavy atom. The van der Waals surface area contributed by atoms with Gasteiger partial charge in [0.2, 0.25) is 0 Å². The standard InChI is InChI=1S/C9H7ClF3NO/c10-8-7(9(11,12)13)3-6(4-14-8)15-5-1-2-5/h3-5H,1-2H2. The average molecular weight is 238 g/mol. The number of hydrogen-bond donors (Lipinski definition) is 0. The van der Waals surface area contributed by atoms with E-state index in [1.165, 1.54) is 6.20 Å². The molecule has 1 fully saturated rings. The topological polar surface area (TPSA) is 22.1 Å². The summed E-state index contributed by atoms with van der Waals surface area (Å²) < 4.78 is 42.4. The molecule has 0 spiro atoms. The molecule has 1 aromatic rings. The molecule has 1 aliphatic carbocycles. The lowest BCUT2D eigenvalue weighted by molar-refractivity contribution is -0.137. The van der Waals surface area contributed by atoms with E-state index in [9.17, 15) is 13.2 Å². The molecule has 0 aliphatic heterocycles. The van der Waals surface area contributed by atoms with Crippen LogP contribution in [0, 0.1) is 0 Å². The minimum Gasteiger partial charge on any atom is -0.489 e. The van der Waals surface area contributed by atoms with Gasteiger partial charge in [0.05, 0.1) is 17.9 Å². The number of hydrogen-bond acceptors (Lipinski definition) is 2. The summed E-state index contributed by atoms with van der Waals surface area (Å²) in [6.45, 7) is 0. The summed E-state index contributed by atoms with van der Waals surface area (Å²) in [4.78, 5) is 3.45. The van der Waals surface area contributed by atoms with Crippen LogP contribution in [0.15, 0.2) is 12.3 Å². The molecule has 0 radical (unpaired) electrons. The van der Waals surface area contributed by atoms with E-state index in [4.69, 9.17) is 16.3 Å². The van der Waals surface area contributed by atoms with Gasteiger partial charge in [0, 0.05) is 0 Å². The fourth-order valence-corrected chi connectivity index (χ4v) is 1.28. The molecule has 15 heavy (non-hydrogen) atoms. The van der Waals surface area contributed by atoms with Gasteiger partial charge in [0.25, 0.3) is 0 Å². The van der Waals surface area contributed by atoms with E-state index in [0.29, 0.717) is 0 Å². The third kappa shape index (κ3) is 2.53. The Kier molecular flexibility index (Phi) is 2.50. The van der Waals surface area contributed by atoms with Crippen LogP contribution in [0.25, 0.3) is 0 Å². The Hall–Kier alpha value is -0.970. The predicted octanol–water partition coefficient (Wildman–Crippen LogP) is 3.30. The van der Waals surface area contributed by atoms with E-state index >= 15 is 0 Å². The lowest BCUT2D eigenvalue weighted by Gasteiger charge is -2.10. The molecule has 1 aliphatic rings. The Balaban J connectivity index is 2.27. The molecular formula is C9H7ClF3NO. The largest absolute Gasteiger partial charge is 0.489 e. The van der Waals surface area contributed by atoms with Crippen LogP contribution in [0.3, 0.4) is 0 Å². The first-order valence-electron chi connectivity index (χ1n) is 4.36. The van der Waals surface area contributed by atoms with Gasteiger partial charge in [-0.2, -0.15) is 13.2 Å². The van der Waals surface area contributed by atoms with E-state index in [-0.39, 0.29) is 11.9 Å². The highest BCUT2D eigenvalue weighted by atomic mass is 35.5. The maximum absolute atomic E-state index is 12.4. The van der Waals surface area contributed by atoms with Gasteiger partial charge < -0.3 is 4.74 Å². The number of nitrogens with zero attached hydrogens (tertiary/aromatic N) is 1. The number of pyridine rings is 1. The first kappa shape index (κ1) is 10.5. The van der Waals surface area contributed by atoms with Crippen molar-refractivity contribution in [3.63, 3.8) is 0 Å². The maximum atomic E-state index is 12.4. The third-order valence-corrected chi connectivity index (χ3v) is 2.25. The summed E-state index contributed by atoms with van der Waals surface area (Å²) in [6.07, 6.45) is -1.49. The fourth-order valence-electron chi connectivity index (χ4n) is 1.07. The number of aromatic nitrogens is 1. The van der Waals surface area contributed by atoms with Gasteiger partial charge in [-0.1, -0.05) is 11.6 Å². The molecule has 0 aromatic carbocycles. The molecule has 2 nitrogen and oxygen atoms in total. The van der Waals surface area contributed by atoms with Crippen molar-refractivity contribution in [1.29, 1.82) is 0 Å². The molecular weight excluding hydrogens is 231 g/mol. The minimum absolute atomic E-state index is 0.0362. The molecule has 1 heterocycles. The molecule has 0 atom stereocenters. The Morgan fingerprint density at radius 1 is 1.40 bits per heavy atom. The van der Waals surface area contributed by atoms with Crippen LogP contribution in [-0.2, 0) is 6.18 Å². The first-order chi connectivity index (χ1) is 6.97. The zero-order chi connectivity index (χ0) is 11.1. The van der Waals surface area contributed by atoms with E-state index in [2.05, 4.69) is 4.98 Å². The van der Waals surface area contributed by atoms with Gasteiger partial charge in [0.1, 0.15) is 10.9 Å². The van der Waals surface area contributed by atoms with Crippen molar-refractivity contribution < 1.29 is 17.9 Å². The van der Waals surface area contributed by atoms with Crippen LogP contribution in [0.5, 0.6) is 5.75 Å². The first-order valence-corrected chi connectivity index (χ1v) is 4.74. The Morgan fingerprint density at radius 3 is 2.60 bits per heavy atom. The summed E-state index contributed by atoms with van der Waals surface area (Å²) in [5.41, 5.74) is -0.956. The zero-order valence-electron chi connectivity index (χ0n) is 7.51. The van der Waals surface area contributed by atoms with Crippen LogP contribution >= 0.6 is 11.6 Å². The highest BCUT2D eigenvalue weighted by Gasteiger charge is 2.35. The van der Waals surface area contributed by atoms with Gasteiger partial charge in [0.15, 0.2) is 0 Å². The van der Waals surface area contributed by atoms with Crippen molar-refractivity contribution >= 4 is 11.6 Å². The van der Waals surface area contributed by atoms with Crippen molar-refractivity contribution in [3.8, 4) is 5.75 Å².